The van der Waals surface area contributed by atoms with Crippen molar-refractivity contribution in [2.75, 3.05) is 5.73 Å². The lowest BCUT2D eigenvalue weighted by atomic mass is 10.4. The summed E-state index contributed by atoms with van der Waals surface area (Å²) >= 11 is 10.8. The van der Waals surface area contributed by atoms with Crippen LogP contribution in [-0.4, -0.2) is 9.97 Å². The molecular formula is C12H11BrClN3S. The third-order valence-corrected chi connectivity index (χ3v) is 4.51. The fourth-order valence-electron chi connectivity index (χ4n) is 1.38. The summed E-state index contributed by atoms with van der Waals surface area (Å²) < 4.78 is 0.766. The second-order valence-corrected chi connectivity index (χ2v) is 5.95. The van der Waals surface area contributed by atoms with Crippen molar-refractivity contribution in [3.63, 3.8) is 0 Å². The highest BCUT2D eigenvalue weighted by Gasteiger charge is 2.06. The van der Waals surface area contributed by atoms with Gasteiger partial charge >= 0.3 is 0 Å². The number of nitrogens with zero attached hydrogens (tertiary/aromatic N) is 2. The zero-order valence-corrected chi connectivity index (χ0v) is 12.8. The number of rotatable bonds is 3. The highest BCUT2D eigenvalue weighted by atomic mass is 79.9. The summed E-state index contributed by atoms with van der Waals surface area (Å²) in [7, 11) is 0. The molecule has 6 heteroatoms. The van der Waals surface area contributed by atoms with Gasteiger partial charge in [-0.3, -0.25) is 0 Å². The standard InChI is InChI=1S/C12H11BrClN3S/c1-7-11(13)12(15)17-10(16-7)6-18-9-4-2-8(14)3-5-9/h2-5H,6H2,1H3,(H2,15,16,17). The van der Waals surface area contributed by atoms with Crippen LogP contribution in [0.4, 0.5) is 5.82 Å². The molecule has 0 saturated heterocycles. The van der Waals surface area contributed by atoms with Crippen LogP contribution in [0.25, 0.3) is 0 Å². The molecule has 0 unspecified atom stereocenters. The van der Waals surface area contributed by atoms with Gasteiger partial charge in [0.2, 0.25) is 0 Å². The number of nitrogens with two attached hydrogens (primary N) is 1. The van der Waals surface area contributed by atoms with E-state index in [9.17, 15) is 0 Å². The molecule has 0 aliphatic heterocycles. The topological polar surface area (TPSA) is 51.8 Å². The number of hydrogen-bond acceptors (Lipinski definition) is 4. The fraction of sp³-hybridized carbons (Fsp3) is 0.167. The molecule has 0 radical (unpaired) electrons. The van der Waals surface area contributed by atoms with E-state index in [0.29, 0.717) is 11.6 Å². The van der Waals surface area contributed by atoms with Gasteiger partial charge in [-0.2, -0.15) is 0 Å². The third-order valence-electron chi connectivity index (χ3n) is 2.27. The Labute approximate surface area is 123 Å². The number of aromatic nitrogens is 2. The molecule has 18 heavy (non-hydrogen) atoms. The summed E-state index contributed by atoms with van der Waals surface area (Å²) in [5.74, 6) is 1.89. The van der Waals surface area contributed by atoms with Crippen LogP contribution >= 0.6 is 39.3 Å². The van der Waals surface area contributed by atoms with Gasteiger partial charge in [0.05, 0.1) is 15.9 Å². The van der Waals surface area contributed by atoms with Gasteiger partial charge in [-0.1, -0.05) is 11.6 Å². The Morgan fingerprint density at radius 2 is 1.94 bits per heavy atom. The highest BCUT2D eigenvalue weighted by molar-refractivity contribution is 9.10. The van der Waals surface area contributed by atoms with E-state index in [1.54, 1.807) is 11.8 Å². The molecule has 0 atom stereocenters. The molecule has 0 saturated carbocycles. The van der Waals surface area contributed by atoms with Crippen LogP contribution in [0.1, 0.15) is 11.5 Å². The van der Waals surface area contributed by atoms with Gasteiger partial charge in [-0.15, -0.1) is 11.8 Å². The van der Waals surface area contributed by atoms with Crippen LogP contribution in [-0.2, 0) is 5.75 Å². The first-order chi connectivity index (χ1) is 8.56. The molecule has 0 aliphatic rings. The highest BCUT2D eigenvalue weighted by Crippen LogP contribution is 2.25. The molecule has 0 bridgehead atoms. The third kappa shape index (κ3) is 3.37. The van der Waals surface area contributed by atoms with Crippen LogP contribution < -0.4 is 5.73 Å². The van der Waals surface area contributed by atoms with E-state index in [2.05, 4.69) is 25.9 Å². The lowest BCUT2D eigenvalue weighted by Crippen LogP contribution is -2.02. The number of anilines is 1. The Bertz CT molecular complexity index is 537. The Balaban J connectivity index is 2.08. The van der Waals surface area contributed by atoms with Crippen molar-refractivity contribution in [1.82, 2.24) is 9.97 Å². The molecule has 94 valence electrons. The molecule has 1 aromatic heterocycles. The molecule has 0 amide bonds. The van der Waals surface area contributed by atoms with Crippen LogP contribution in [0.3, 0.4) is 0 Å². The first kappa shape index (κ1) is 13.6. The number of aryl methyl sites for hydroxylation is 1. The van der Waals surface area contributed by atoms with Crippen LogP contribution in [0.5, 0.6) is 0 Å². The minimum absolute atomic E-state index is 0.481. The fourth-order valence-corrected chi connectivity index (χ4v) is 2.44. The van der Waals surface area contributed by atoms with E-state index in [4.69, 9.17) is 17.3 Å². The van der Waals surface area contributed by atoms with Crippen molar-refractivity contribution in [3.05, 3.63) is 45.3 Å². The first-order valence-corrected chi connectivity index (χ1v) is 7.39. The summed E-state index contributed by atoms with van der Waals surface area (Å²) in [6.07, 6.45) is 0. The summed E-state index contributed by atoms with van der Waals surface area (Å²) in [6.45, 7) is 1.90. The lowest BCUT2D eigenvalue weighted by Gasteiger charge is -2.05. The molecule has 2 aromatic rings. The van der Waals surface area contributed by atoms with E-state index >= 15 is 0 Å². The maximum absolute atomic E-state index is 5.83. The van der Waals surface area contributed by atoms with E-state index in [1.807, 2.05) is 31.2 Å². The zero-order valence-electron chi connectivity index (χ0n) is 9.65. The van der Waals surface area contributed by atoms with Gasteiger partial charge in [0.25, 0.3) is 0 Å². The monoisotopic (exact) mass is 343 g/mol. The number of hydrogen-bond donors (Lipinski definition) is 1. The molecule has 0 fully saturated rings. The number of halogens is 2. The average molecular weight is 345 g/mol. The quantitative estimate of drug-likeness (QED) is 0.853. The summed E-state index contributed by atoms with van der Waals surface area (Å²) in [4.78, 5) is 9.75. The second-order valence-electron chi connectivity index (χ2n) is 3.67. The van der Waals surface area contributed by atoms with Gasteiger partial charge in [0.15, 0.2) is 0 Å². The van der Waals surface area contributed by atoms with Gasteiger partial charge in [0, 0.05) is 9.92 Å². The maximum atomic E-state index is 5.83. The second kappa shape index (κ2) is 5.91. The van der Waals surface area contributed by atoms with Crippen molar-refractivity contribution in [2.45, 2.75) is 17.6 Å². The molecule has 3 nitrogen and oxygen atoms in total. The van der Waals surface area contributed by atoms with Crippen molar-refractivity contribution >= 4 is 45.1 Å². The Hall–Kier alpha value is -0.780. The number of benzene rings is 1. The van der Waals surface area contributed by atoms with E-state index in [0.717, 1.165) is 25.9 Å². The Morgan fingerprint density at radius 1 is 1.28 bits per heavy atom. The minimum atomic E-state index is 0.481. The van der Waals surface area contributed by atoms with Crippen molar-refractivity contribution < 1.29 is 0 Å². The molecule has 2 N–H and O–H groups in total. The van der Waals surface area contributed by atoms with Crippen molar-refractivity contribution in [1.29, 1.82) is 0 Å². The summed E-state index contributed by atoms with van der Waals surface area (Å²) in [5, 5.41) is 0.735. The Kier molecular flexibility index (Phi) is 4.48. The maximum Gasteiger partial charge on any atom is 0.141 e. The first-order valence-electron chi connectivity index (χ1n) is 5.23. The molecule has 0 spiro atoms. The lowest BCUT2D eigenvalue weighted by molar-refractivity contribution is 0.992. The molecule has 0 aliphatic carbocycles. The van der Waals surface area contributed by atoms with Gasteiger partial charge in [-0.05, 0) is 47.1 Å². The predicted molar refractivity (Wildman–Crippen MR) is 79.9 cm³/mol. The van der Waals surface area contributed by atoms with E-state index < -0.39 is 0 Å². The molecule has 2 rings (SSSR count). The van der Waals surface area contributed by atoms with Gasteiger partial charge in [-0.25, -0.2) is 9.97 Å². The average Bonchev–Trinajstić information content (AvgIpc) is 2.35. The van der Waals surface area contributed by atoms with Crippen molar-refractivity contribution in [2.24, 2.45) is 0 Å². The normalized spacial score (nSPS) is 10.6. The van der Waals surface area contributed by atoms with Crippen LogP contribution in [0.2, 0.25) is 5.02 Å². The van der Waals surface area contributed by atoms with Gasteiger partial charge < -0.3 is 5.73 Å². The Morgan fingerprint density at radius 3 is 2.56 bits per heavy atom. The molecular weight excluding hydrogens is 334 g/mol. The smallest absolute Gasteiger partial charge is 0.141 e. The summed E-state index contributed by atoms with van der Waals surface area (Å²) in [6, 6.07) is 7.68. The van der Waals surface area contributed by atoms with Crippen LogP contribution in [0, 0.1) is 6.92 Å². The number of nitrogen functional groups attached to an aromatic ring is 1. The predicted octanol–water partition coefficient (Wildman–Crippen LogP) is 4.08. The number of thioether (sulfide) groups is 1. The van der Waals surface area contributed by atoms with Crippen LogP contribution in [0.15, 0.2) is 33.6 Å². The van der Waals surface area contributed by atoms with Crippen molar-refractivity contribution in [3.8, 4) is 0 Å². The van der Waals surface area contributed by atoms with Gasteiger partial charge in [0.1, 0.15) is 11.6 Å². The summed E-state index contributed by atoms with van der Waals surface area (Å²) in [5.41, 5.74) is 6.64. The van der Waals surface area contributed by atoms with E-state index in [-0.39, 0.29) is 0 Å². The minimum Gasteiger partial charge on any atom is -0.383 e. The molecule has 1 heterocycles. The largest absolute Gasteiger partial charge is 0.383 e. The molecule has 1 aromatic carbocycles. The van der Waals surface area contributed by atoms with E-state index in [1.165, 1.54) is 0 Å². The zero-order chi connectivity index (χ0) is 13.1. The SMILES string of the molecule is Cc1nc(CSc2ccc(Cl)cc2)nc(N)c1Br.